The van der Waals surface area contributed by atoms with Crippen molar-refractivity contribution in [3.8, 4) is 17.2 Å². The van der Waals surface area contributed by atoms with Crippen LogP contribution in [0.25, 0.3) is 0 Å². The number of ether oxygens (including phenoxy) is 3. The van der Waals surface area contributed by atoms with Gasteiger partial charge in [-0.05, 0) is 54.4 Å². The molecule has 2 heterocycles. The molecule has 184 valence electrons. The summed E-state index contributed by atoms with van der Waals surface area (Å²) < 4.78 is 16.9. The molecular weight excluding hydrogens is 466 g/mol. The van der Waals surface area contributed by atoms with Crippen LogP contribution in [-0.4, -0.2) is 34.5 Å². The molecule has 1 N–H and O–H groups in total. The molecule has 36 heavy (non-hydrogen) atoms. The molecule has 1 unspecified atom stereocenters. The molecule has 3 aromatic rings. The van der Waals surface area contributed by atoms with Crippen LogP contribution in [0.2, 0.25) is 0 Å². The first-order chi connectivity index (χ1) is 17.4. The number of nitrogens with one attached hydrogen (secondary N) is 1. The van der Waals surface area contributed by atoms with Crippen molar-refractivity contribution in [1.82, 2.24) is 4.90 Å². The molecule has 0 spiro atoms. The SMILES string of the molecule is CCC1Oc2ccc(NC(=O)c3ccc([N+](=O)[O-])cc3)cc2CN(Cc2ccc3c(c2)OCO3)C1=O. The van der Waals surface area contributed by atoms with Crippen LogP contribution in [0, 0.1) is 10.1 Å². The number of non-ortho nitro benzene ring substituents is 1. The quantitative estimate of drug-likeness (QED) is 0.405. The second kappa shape index (κ2) is 9.57. The molecule has 0 fully saturated rings. The topological polar surface area (TPSA) is 120 Å². The highest BCUT2D eigenvalue weighted by Crippen LogP contribution is 2.34. The second-order valence-corrected chi connectivity index (χ2v) is 8.48. The maximum atomic E-state index is 13.2. The van der Waals surface area contributed by atoms with Crippen LogP contribution >= 0.6 is 0 Å². The van der Waals surface area contributed by atoms with Crippen LogP contribution in [0.5, 0.6) is 17.2 Å². The third-order valence-corrected chi connectivity index (χ3v) is 6.06. The first-order valence-corrected chi connectivity index (χ1v) is 11.4. The molecule has 3 aromatic carbocycles. The van der Waals surface area contributed by atoms with Gasteiger partial charge in [-0.3, -0.25) is 19.7 Å². The number of carbonyl (C=O) groups is 2. The largest absolute Gasteiger partial charge is 0.480 e. The van der Waals surface area contributed by atoms with Crippen molar-refractivity contribution in [3.63, 3.8) is 0 Å². The second-order valence-electron chi connectivity index (χ2n) is 8.48. The Morgan fingerprint density at radius 1 is 1.06 bits per heavy atom. The Bertz CT molecular complexity index is 1340. The first-order valence-electron chi connectivity index (χ1n) is 11.4. The van der Waals surface area contributed by atoms with E-state index in [9.17, 15) is 19.7 Å². The zero-order chi connectivity index (χ0) is 25.2. The standard InChI is InChI=1S/C26H23N3O7/c1-2-21-26(31)28(13-16-3-9-23-24(11-16)35-15-34-23)14-18-12-19(6-10-22(18)36-21)27-25(30)17-4-7-20(8-5-17)29(32)33/h3-12,21H,2,13-15H2,1H3,(H,27,30). The number of anilines is 1. The van der Waals surface area contributed by atoms with Crippen LogP contribution in [0.1, 0.15) is 34.8 Å². The van der Waals surface area contributed by atoms with Crippen molar-refractivity contribution in [2.75, 3.05) is 12.1 Å². The van der Waals surface area contributed by atoms with Gasteiger partial charge in [-0.2, -0.15) is 0 Å². The minimum absolute atomic E-state index is 0.0913. The van der Waals surface area contributed by atoms with Crippen molar-refractivity contribution in [2.24, 2.45) is 0 Å². The van der Waals surface area contributed by atoms with E-state index in [0.717, 1.165) is 11.1 Å². The molecule has 0 radical (unpaired) electrons. The lowest BCUT2D eigenvalue weighted by molar-refractivity contribution is -0.384. The Morgan fingerprint density at radius 2 is 1.81 bits per heavy atom. The third-order valence-electron chi connectivity index (χ3n) is 6.06. The third kappa shape index (κ3) is 4.65. The van der Waals surface area contributed by atoms with Gasteiger partial charge in [-0.25, -0.2) is 0 Å². The molecule has 10 nitrogen and oxygen atoms in total. The Kier molecular flexibility index (Phi) is 6.16. The number of hydrogen-bond donors (Lipinski definition) is 1. The highest BCUT2D eigenvalue weighted by atomic mass is 16.7. The number of benzene rings is 3. The van der Waals surface area contributed by atoms with Gasteiger partial charge in [0.05, 0.1) is 4.92 Å². The molecule has 0 aliphatic carbocycles. The summed E-state index contributed by atoms with van der Waals surface area (Å²) in [6.07, 6.45) is -0.116. The molecule has 2 aliphatic rings. The van der Waals surface area contributed by atoms with E-state index >= 15 is 0 Å². The lowest BCUT2D eigenvalue weighted by atomic mass is 10.1. The Morgan fingerprint density at radius 3 is 2.56 bits per heavy atom. The van der Waals surface area contributed by atoms with E-state index in [4.69, 9.17) is 14.2 Å². The molecule has 0 aromatic heterocycles. The molecule has 1 atom stereocenters. The number of nitro benzene ring substituents is 1. The van der Waals surface area contributed by atoms with Gasteiger partial charge in [0.25, 0.3) is 17.5 Å². The zero-order valence-corrected chi connectivity index (χ0v) is 19.4. The van der Waals surface area contributed by atoms with E-state index in [1.54, 1.807) is 23.1 Å². The van der Waals surface area contributed by atoms with Crippen molar-refractivity contribution in [3.05, 3.63) is 87.5 Å². The lowest BCUT2D eigenvalue weighted by Crippen LogP contribution is -2.38. The van der Waals surface area contributed by atoms with Gasteiger partial charge < -0.3 is 24.4 Å². The van der Waals surface area contributed by atoms with Gasteiger partial charge in [0.15, 0.2) is 17.6 Å². The molecule has 0 bridgehead atoms. The van der Waals surface area contributed by atoms with Gasteiger partial charge >= 0.3 is 0 Å². The summed E-state index contributed by atoms with van der Waals surface area (Å²) in [5.41, 5.74) is 2.37. The van der Waals surface area contributed by atoms with Gasteiger partial charge in [0.2, 0.25) is 6.79 Å². The maximum absolute atomic E-state index is 13.2. The maximum Gasteiger partial charge on any atom is 0.269 e. The lowest BCUT2D eigenvalue weighted by Gasteiger charge is -2.23. The Hall–Kier alpha value is -4.60. The summed E-state index contributed by atoms with van der Waals surface area (Å²) in [6, 6.07) is 16.2. The molecule has 10 heteroatoms. The number of amides is 2. The molecular formula is C26H23N3O7. The fraction of sp³-hybridized carbons (Fsp3) is 0.231. The number of hydrogen-bond acceptors (Lipinski definition) is 7. The number of rotatable bonds is 6. The summed E-state index contributed by atoms with van der Waals surface area (Å²) in [5.74, 6) is 1.38. The van der Waals surface area contributed by atoms with E-state index in [0.29, 0.717) is 42.4 Å². The van der Waals surface area contributed by atoms with Gasteiger partial charge in [-0.15, -0.1) is 0 Å². The van der Waals surface area contributed by atoms with E-state index in [2.05, 4.69) is 5.32 Å². The molecule has 5 rings (SSSR count). The van der Waals surface area contributed by atoms with Gasteiger partial charge in [0.1, 0.15) is 5.75 Å². The summed E-state index contributed by atoms with van der Waals surface area (Å²) >= 11 is 0. The fourth-order valence-electron chi connectivity index (χ4n) is 4.18. The minimum atomic E-state index is -0.624. The molecule has 0 saturated heterocycles. The van der Waals surface area contributed by atoms with Crippen LogP contribution in [-0.2, 0) is 17.9 Å². The predicted molar refractivity (Wildman–Crippen MR) is 129 cm³/mol. The Balaban J connectivity index is 1.36. The summed E-state index contributed by atoms with van der Waals surface area (Å²) in [7, 11) is 0. The fourth-order valence-corrected chi connectivity index (χ4v) is 4.18. The monoisotopic (exact) mass is 489 g/mol. The summed E-state index contributed by atoms with van der Waals surface area (Å²) in [6.45, 7) is 2.72. The number of carbonyl (C=O) groups excluding carboxylic acids is 2. The molecule has 2 aliphatic heterocycles. The summed E-state index contributed by atoms with van der Waals surface area (Å²) in [4.78, 5) is 38.0. The highest BCUT2D eigenvalue weighted by Gasteiger charge is 2.30. The first kappa shape index (κ1) is 23.2. The number of nitrogens with zero attached hydrogens (tertiary/aromatic N) is 2. The zero-order valence-electron chi connectivity index (χ0n) is 19.4. The molecule has 0 saturated carbocycles. The van der Waals surface area contributed by atoms with Gasteiger partial charge in [-0.1, -0.05) is 13.0 Å². The molecule has 2 amide bonds. The van der Waals surface area contributed by atoms with E-state index in [1.807, 2.05) is 25.1 Å². The predicted octanol–water partition coefficient (Wildman–Crippen LogP) is 4.28. The summed E-state index contributed by atoms with van der Waals surface area (Å²) in [5, 5.41) is 13.7. The number of fused-ring (bicyclic) bond motifs is 2. The van der Waals surface area contributed by atoms with Gasteiger partial charge in [0, 0.05) is 42.0 Å². The van der Waals surface area contributed by atoms with Crippen LogP contribution < -0.4 is 19.5 Å². The smallest absolute Gasteiger partial charge is 0.269 e. The Labute approximate surface area is 206 Å². The highest BCUT2D eigenvalue weighted by molar-refractivity contribution is 6.04. The van der Waals surface area contributed by atoms with Crippen LogP contribution in [0.4, 0.5) is 11.4 Å². The minimum Gasteiger partial charge on any atom is -0.480 e. The van der Waals surface area contributed by atoms with E-state index in [1.165, 1.54) is 24.3 Å². The van der Waals surface area contributed by atoms with Crippen LogP contribution in [0.3, 0.4) is 0 Å². The van der Waals surface area contributed by atoms with Crippen molar-refractivity contribution in [2.45, 2.75) is 32.5 Å². The number of nitro groups is 1. The average Bonchev–Trinajstić information content (AvgIpc) is 3.30. The van der Waals surface area contributed by atoms with Crippen LogP contribution in [0.15, 0.2) is 60.7 Å². The van der Waals surface area contributed by atoms with E-state index < -0.39 is 16.9 Å². The van der Waals surface area contributed by atoms with Crippen molar-refractivity contribution >= 4 is 23.2 Å². The van der Waals surface area contributed by atoms with E-state index in [-0.39, 0.29) is 24.0 Å². The van der Waals surface area contributed by atoms with Crippen molar-refractivity contribution < 1.29 is 28.7 Å². The normalized spacial score (nSPS) is 16.1. The average molecular weight is 489 g/mol. The van der Waals surface area contributed by atoms with Crippen molar-refractivity contribution in [1.29, 1.82) is 0 Å².